The predicted molar refractivity (Wildman–Crippen MR) is 36.1 cm³/mol. The van der Waals surface area contributed by atoms with Crippen LogP contribution in [-0.2, 0) is 9.59 Å². The number of quaternary nitrogens is 1. The van der Waals surface area contributed by atoms with E-state index in [1.807, 2.05) is 0 Å². The van der Waals surface area contributed by atoms with Gasteiger partial charge < -0.3 is 16.0 Å². The lowest BCUT2D eigenvalue weighted by Crippen LogP contribution is -3.08. The molecule has 0 radical (unpaired) electrons. The zero-order chi connectivity index (χ0) is 8.43. The molecule has 0 aromatic carbocycles. The molecule has 1 aliphatic rings. The van der Waals surface area contributed by atoms with E-state index in [9.17, 15) is 14.8 Å². The van der Waals surface area contributed by atoms with E-state index < -0.39 is 17.7 Å². The highest BCUT2D eigenvalue weighted by Crippen LogP contribution is 2.09. The number of hydroxylamine groups is 2. The molecule has 1 saturated heterocycles. The van der Waals surface area contributed by atoms with Crippen LogP contribution in [-0.4, -0.2) is 18.4 Å². The summed E-state index contributed by atoms with van der Waals surface area (Å²) in [5, 5.41) is 10.3. The monoisotopic (exact) mass is 158 g/mol. The van der Waals surface area contributed by atoms with Crippen LogP contribution in [0.3, 0.4) is 0 Å². The number of rotatable bonds is 2. The van der Waals surface area contributed by atoms with Crippen LogP contribution in [0.25, 0.3) is 0 Å². The largest absolute Gasteiger partial charge is 0.627 e. The van der Waals surface area contributed by atoms with Gasteiger partial charge in [-0.25, -0.2) is 4.79 Å². The van der Waals surface area contributed by atoms with E-state index in [-0.39, 0.29) is 18.0 Å². The van der Waals surface area contributed by atoms with Crippen molar-refractivity contribution in [3.8, 4) is 0 Å². The van der Waals surface area contributed by atoms with Gasteiger partial charge in [0.15, 0.2) is 0 Å². The molecule has 5 nitrogen and oxygen atoms in total. The first kappa shape index (κ1) is 8.16. The molecular weight excluding hydrogens is 148 g/mol. The third-order valence-electron chi connectivity index (χ3n) is 1.81. The standard InChI is InChI=1S/C6H10N2O3/c7-5(9)3-4-1-2-8(11)6(4)10/h4,8H,1-3H2,(H2,7,9). The first-order valence-corrected chi connectivity index (χ1v) is 3.46. The maximum absolute atomic E-state index is 10.9. The van der Waals surface area contributed by atoms with Crippen LogP contribution < -0.4 is 10.8 Å². The SMILES string of the molecule is NC(=O)CC1CC[NH+]([O-])C1=O. The molecule has 1 rings (SSSR count). The summed E-state index contributed by atoms with van der Waals surface area (Å²) in [4.78, 5) is 21.2. The van der Waals surface area contributed by atoms with Gasteiger partial charge in [-0.15, -0.1) is 0 Å². The van der Waals surface area contributed by atoms with Gasteiger partial charge in [0.1, 0.15) is 0 Å². The molecule has 2 unspecified atom stereocenters. The Kier molecular flexibility index (Phi) is 2.21. The van der Waals surface area contributed by atoms with E-state index in [1.54, 1.807) is 0 Å². The molecule has 0 aromatic rings. The zero-order valence-corrected chi connectivity index (χ0v) is 6.00. The molecule has 62 valence electrons. The fraction of sp³-hybridized carbons (Fsp3) is 0.667. The summed E-state index contributed by atoms with van der Waals surface area (Å²) in [7, 11) is 0. The minimum Gasteiger partial charge on any atom is -0.627 e. The molecule has 3 N–H and O–H groups in total. The number of nitrogens with two attached hydrogens (primary N) is 1. The van der Waals surface area contributed by atoms with Gasteiger partial charge in [0.05, 0.1) is 12.5 Å². The van der Waals surface area contributed by atoms with Gasteiger partial charge in [-0.05, 0) is 0 Å². The Labute approximate surface area is 63.7 Å². The van der Waals surface area contributed by atoms with Gasteiger partial charge >= 0.3 is 5.91 Å². The van der Waals surface area contributed by atoms with Gasteiger partial charge in [0.25, 0.3) is 0 Å². The van der Waals surface area contributed by atoms with Crippen molar-refractivity contribution in [2.24, 2.45) is 11.7 Å². The Hall–Kier alpha value is -0.940. The summed E-state index contributed by atoms with van der Waals surface area (Å²) in [5.41, 5.74) is 4.88. The van der Waals surface area contributed by atoms with Crippen LogP contribution in [0.1, 0.15) is 12.8 Å². The van der Waals surface area contributed by atoms with Crippen molar-refractivity contribution in [1.29, 1.82) is 0 Å². The lowest BCUT2D eigenvalue weighted by molar-refractivity contribution is -0.755. The van der Waals surface area contributed by atoms with Crippen LogP contribution in [0, 0.1) is 11.1 Å². The van der Waals surface area contributed by atoms with Crippen LogP contribution in [0.4, 0.5) is 0 Å². The first-order chi connectivity index (χ1) is 5.11. The van der Waals surface area contributed by atoms with Crippen molar-refractivity contribution in [3.63, 3.8) is 0 Å². The van der Waals surface area contributed by atoms with Crippen LogP contribution in [0.15, 0.2) is 0 Å². The maximum Gasteiger partial charge on any atom is 0.315 e. The van der Waals surface area contributed by atoms with Gasteiger partial charge in [-0.1, -0.05) is 0 Å². The second-order valence-corrected chi connectivity index (χ2v) is 2.69. The molecular formula is C6H10N2O3. The molecule has 1 heterocycles. The van der Waals surface area contributed by atoms with Crippen molar-refractivity contribution in [1.82, 2.24) is 0 Å². The molecule has 11 heavy (non-hydrogen) atoms. The summed E-state index contributed by atoms with van der Waals surface area (Å²) in [6, 6.07) is 0. The Morgan fingerprint density at radius 3 is 2.82 bits per heavy atom. The fourth-order valence-electron chi connectivity index (χ4n) is 1.22. The highest BCUT2D eigenvalue weighted by molar-refractivity contribution is 5.81. The van der Waals surface area contributed by atoms with Gasteiger partial charge in [0, 0.05) is 12.8 Å². The Balaban J connectivity index is 2.49. The summed E-state index contributed by atoms with van der Waals surface area (Å²) < 4.78 is 0. The Morgan fingerprint density at radius 1 is 1.82 bits per heavy atom. The molecule has 0 saturated carbocycles. The summed E-state index contributed by atoms with van der Waals surface area (Å²) in [6.45, 7) is 0.275. The summed E-state index contributed by atoms with van der Waals surface area (Å²) >= 11 is 0. The minimum atomic E-state index is -0.516. The van der Waals surface area contributed by atoms with Crippen LogP contribution in [0.2, 0.25) is 0 Å². The van der Waals surface area contributed by atoms with E-state index in [0.29, 0.717) is 6.42 Å². The molecule has 1 aliphatic heterocycles. The lowest BCUT2D eigenvalue weighted by atomic mass is 10.0. The number of carbonyl (C=O) groups is 2. The molecule has 2 amide bonds. The number of amides is 2. The molecule has 0 spiro atoms. The number of hydrogen-bond acceptors (Lipinski definition) is 3. The quantitative estimate of drug-likeness (QED) is 0.447. The Morgan fingerprint density at radius 2 is 2.45 bits per heavy atom. The predicted octanol–water partition coefficient (Wildman–Crippen LogP) is -2.21. The summed E-state index contributed by atoms with van der Waals surface area (Å²) in [6.07, 6.45) is 0.505. The molecule has 0 aliphatic carbocycles. The van der Waals surface area contributed by atoms with E-state index in [1.165, 1.54) is 0 Å². The average molecular weight is 158 g/mol. The van der Waals surface area contributed by atoms with Crippen molar-refractivity contribution in [3.05, 3.63) is 5.21 Å². The highest BCUT2D eigenvalue weighted by Gasteiger charge is 2.33. The van der Waals surface area contributed by atoms with E-state index >= 15 is 0 Å². The molecule has 1 fully saturated rings. The molecule has 2 atom stereocenters. The third kappa shape index (κ3) is 1.75. The smallest absolute Gasteiger partial charge is 0.315 e. The highest BCUT2D eigenvalue weighted by atomic mass is 16.5. The summed E-state index contributed by atoms with van der Waals surface area (Å²) in [5.74, 6) is -1.37. The minimum absolute atomic E-state index is 0.0184. The number of nitrogens with one attached hydrogen (secondary N) is 1. The zero-order valence-electron chi connectivity index (χ0n) is 6.00. The second-order valence-electron chi connectivity index (χ2n) is 2.69. The van der Waals surface area contributed by atoms with Gasteiger partial charge in [-0.2, -0.15) is 0 Å². The second kappa shape index (κ2) is 2.98. The number of hydrogen-bond donors (Lipinski definition) is 2. The third-order valence-corrected chi connectivity index (χ3v) is 1.81. The maximum atomic E-state index is 10.9. The lowest BCUT2D eigenvalue weighted by Gasteiger charge is -2.11. The van der Waals surface area contributed by atoms with Crippen molar-refractivity contribution in [2.45, 2.75) is 12.8 Å². The molecule has 0 bridgehead atoms. The normalized spacial score (nSPS) is 30.8. The number of primary amides is 1. The van der Waals surface area contributed by atoms with Gasteiger partial charge in [-0.3, -0.25) is 4.79 Å². The Bertz CT molecular complexity index is 192. The van der Waals surface area contributed by atoms with Crippen molar-refractivity contribution < 1.29 is 14.7 Å². The topological polar surface area (TPSA) is 87.7 Å². The molecule has 0 aromatic heterocycles. The first-order valence-electron chi connectivity index (χ1n) is 3.46. The van der Waals surface area contributed by atoms with Crippen LogP contribution in [0.5, 0.6) is 0 Å². The van der Waals surface area contributed by atoms with E-state index in [0.717, 1.165) is 0 Å². The fourth-order valence-corrected chi connectivity index (χ4v) is 1.22. The van der Waals surface area contributed by atoms with E-state index in [4.69, 9.17) is 5.73 Å². The van der Waals surface area contributed by atoms with Crippen LogP contribution >= 0.6 is 0 Å². The van der Waals surface area contributed by atoms with E-state index in [2.05, 4.69) is 0 Å². The van der Waals surface area contributed by atoms with Crippen molar-refractivity contribution in [2.75, 3.05) is 6.54 Å². The number of carbonyl (C=O) groups excluding carboxylic acids is 2. The molecule has 5 heteroatoms. The average Bonchev–Trinajstić information content (AvgIpc) is 2.18. The van der Waals surface area contributed by atoms with Gasteiger partial charge in [0.2, 0.25) is 5.91 Å². The van der Waals surface area contributed by atoms with Crippen molar-refractivity contribution >= 4 is 11.8 Å².